The summed E-state index contributed by atoms with van der Waals surface area (Å²) in [5, 5.41) is 12.3. The third-order valence-electron chi connectivity index (χ3n) is 2.73. The zero-order valence-corrected chi connectivity index (χ0v) is 10.1. The minimum Gasteiger partial charge on any atom is -0.393 e. The first-order valence-electron chi connectivity index (χ1n) is 5.16. The van der Waals surface area contributed by atoms with E-state index >= 15 is 0 Å². The van der Waals surface area contributed by atoms with E-state index in [0.717, 1.165) is 19.3 Å². The first-order chi connectivity index (χ1) is 6.41. The summed E-state index contributed by atoms with van der Waals surface area (Å²) in [6, 6.07) is 0. The van der Waals surface area contributed by atoms with Crippen LogP contribution in [0.4, 0.5) is 0 Å². The number of aliphatic hydroxyl groups excluding tert-OH is 1. The van der Waals surface area contributed by atoms with Crippen molar-refractivity contribution < 1.29 is 9.90 Å². The maximum atomic E-state index is 11.4. The fourth-order valence-electron chi connectivity index (χ4n) is 1.71. The Hall–Kier alpha value is -0.320. The van der Waals surface area contributed by atoms with Gasteiger partial charge < -0.3 is 16.2 Å². The molecule has 4 N–H and O–H groups in total. The summed E-state index contributed by atoms with van der Waals surface area (Å²) < 4.78 is 0. The van der Waals surface area contributed by atoms with Gasteiger partial charge in [0.05, 0.1) is 11.6 Å². The average Bonchev–Trinajstić information content (AvgIpc) is 2.45. The molecule has 1 amide bonds. The highest BCUT2D eigenvalue weighted by Gasteiger charge is 2.27. The normalized spacial score (nSPS) is 25.9. The van der Waals surface area contributed by atoms with Gasteiger partial charge in [-0.05, 0) is 26.7 Å². The van der Waals surface area contributed by atoms with E-state index in [1.165, 1.54) is 0 Å². The van der Waals surface area contributed by atoms with Crippen LogP contribution in [0.3, 0.4) is 0 Å². The largest absolute Gasteiger partial charge is 0.393 e. The van der Waals surface area contributed by atoms with Crippen molar-refractivity contribution in [2.24, 2.45) is 11.7 Å². The molecule has 0 heterocycles. The minimum absolute atomic E-state index is 0. The molecule has 0 spiro atoms. The van der Waals surface area contributed by atoms with Crippen LogP contribution in [0.15, 0.2) is 0 Å². The van der Waals surface area contributed by atoms with E-state index in [4.69, 9.17) is 5.73 Å². The van der Waals surface area contributed by atoms with Crippen molar-refractivity contribution >= 4 is 18.3 Å². The fraction of sp³-hybridized carbons (Fsp3) is 0.900. The van der Waals surface area contributed by atoms with Crippen molar-refractivity contribution in [1.29, 1.82) is 0 Å². The smallest absolute Gasteiger partial charge is 0.239 e. The first kappa shape index (κ1) is 14.7. The lowest BCUT2D eigenvalue weighted by Crippen LogP contribution is -2.50. The van der Waals surface area contributed by atoms with Crippen LogP contribution in [-0.2, 0) is 4.79 Å². The number of halogens is 1. The van der Waals surface area contributed by atoms with Crippen LogP contribution < -0.4 is 11.1 Å². The van der Waals surface area contributed by atoms with Crippen molar-refractivity contribution in [3.8, 4) is 0 Å². The van der Waals surface area contributed by atoms with E-state index in [0.29, 0.717) is 6.54 Å². The number of nitrogens with one attached hydrogen (secondary N) is 1. The van der Waals surface area contributed by atoms with Crippen molar-refractivity contribution in [2.45, 2.75) is 44.8 Å². The molecule has 0 aromatic rings. The van der Waals surface area contributed by atoms with Gasteiger partial charge >= 0.3 is 0 Å². The quantitative estimate of drug-likeness (QED) is 0.665. The number of carbonyl (C=O) groups excluding carboxylic acids is 1. The zero-order valence-electron chi connectivity index (χ0n) is 9.32. The van der Waals surface area contributed by atoms with E-state index in [1.54, 1.807) is 13.8 Å². The van der Waals surface area contributed by atoms with Gasteiger partial charge in [0.2, 0.25) is 5.91 Å². The molecular weight excluding hydrogens is 216 g/mol. The monoisotopic (exact) mass is 236 g/mol. The summed E-state index contributed by atoms with van der Waals surface area (Å²) in [5.74, 6) is 0.0536. The molecule has 4 nitrogen and oxygen atoms in total. The molecule has 0 saturated heterocycles. The number of amides is 1. The Morgan fingerprint density at radius 3 is 2.53 bits per heavy atom. The molecule has 15 heavy (non-hydrogen) atoms. The third kappa shape index (κ3) is 4.36. The van der Waals surface area contributed by atoms with E-state index in [1.807, 2.05) is 0 Å². The molecule has 90 valence electrons. The molecule has 2 unspecified atom stereocenters. The molecule has 5 heteroatoms. The fourth-order valence-corrected chi connectivity index (χ4v) is 1.71. The Labute approximate surface area is 97.0 Å². The molecular formula is C10H21ClN2O2. The number of nitrogens with two attached hydrogens (primary N) is 1. The third-order valence-corrected chi connectivity index (χ3v) is 2.73. The summed E-state index contributed by atoms with van der Waals surface area (Å²) >= 11 is 0. The SMILES string of the molecule is CC(C)(N)C(=O)NCC1CCCC1O.Cl. The Bertz CT molecular complexity index is 216. The van der Waals surface area contributed by atoms with Gasteiger partial charge in [0, 0.05) is 12.5 Å². The van der Waals surface area contributed by atoms with E-state index < -0.39 is 5.54 Å². The van der Waals surface area contributed by atoms with Crippen LogP contribution in [0.5, 0.6) is 0 Å². The lowest BCUT2D eigenvalue weighted by Gasteiger charge is -2.21. The van der Waals surface area contributed by atoms with Crippen LogP contribution in [-0.4, -0.2) is 29.2 Å². The summed E-state index contributed by atoms with van der Waals surface area (Å²) in [4.78, 5) is 11.4. The lowest BCUT2D eigenvalue weighted by atomic mass is 10.0. The van der Waals surface area contributed by atoms with Gasteiger partial charge in [0.1, 0.15) is 0 Å². The van der Waals surface area contributed by atoms with Crippen LogP contribution >= 0.6 is 12.4 Å². The summed E-state index contributed by atoms with van der Waals surface area (Å²) in [7, 11) is 0. The molecule has 1 aliphatic rings. The van der Waals surface area contributed by atoms with Crippen molar-refractivity contribution in [3.05, 3.63) is 0 Å². The number of aliphatic hydroxyl groups is 1. The number of hydrogen-bond acceptors (Lipinski definition) is 3. The molecule has 1 rings (SSSR count). The number of rotatable bonds is 3. The van der Waals surface area contributed by atoms with Gasteiger partial charge in [-0.2, -0.15) is 0 Å². The molecule has 1 aliphatic carbocycles. The number of hydrogen-bond donors (Lipinski definition) is 3. The molecule has 0 aromatic carbocycles. The summed E-state index contributed by atoms with van der Waals surface area (Å²) in [6.45, 7) is 3.89. The summed E-state index contributed by atoms with van der Waals surface area (Å²) in [5.41, 5.74) is 4.79. The lowest BCUT2D eigenvalue weighted by molar-refractivity contribution is -0.125. The molecule has 0 aromatic heterocycles. The van der Waals surface area contributed by atoms with Crippen LogP contribution in [0.1, 0.15) is 33.1 Å². The van der Waals surface area contributed by atoms with E-state index in [9.17, 15) is 9.90 Å². The van der Waals surface area contributed by atoms with E-state index in [-0.39, 0.29) is 30.3 Å². The average molecular weight is 237 g/mol. The maximum absolute atomic E-state index is 11.4. The summed E-state index contributed by atoms with van der Waals surface area (Å²) in [6.07, 6.45) is 2.64. The predicted octanol–water partition coefficient (Wildman–Crippen LogP) is 0.423. The van der Waals surface area contributed by atoms with Gasteiger partial charge in [-0.3, -0.25) is 4.79 Å². The standard InChI is InChI=1S/C10H20N2O2.ClH/c1-10(2,11)9(14)12-6-7-4-3-5-8(7)13;/h7-8,13H,3-6,11H2,1-2H3,(H,12,14);1H. The van der Waals surface area contributed by atoms with Crippen LogP contribution in [0.2, 0.25) is 0 Å². The Morgan fingerprint density at radius 2 is 2.13 bits per heavy atom. The minimum atomic E-state index is -0.830. The molecule has 0 radical (unpaired) electrons. The van der Waals surface area contributed by atoms with E-state index in [2.05, 4.69) is 5.32 Å². The molecule has 1 fully saturated rings. The van der Waals surface area contributed by atoms with Gasteiger partial charge in [0.15, 0.2) is 0 Å². The Morgan fingerprint density at radius 1 is 1.53 bits per heavy atom. The highest BCUT2D eigenvalue weighted by molar-refractivity contribution is 5.85. The van der Waals surface area contributed by atoms with Crippen molar-refractivity contribution in [3.63, 3.8) is 0 Å². The molecule has 0 aliphatic heterocycles. The molecule has 0 bridgehead atoms. The number of carbonyl (C=O) groups is 1. The second kappa shape index (κ2) is 5.68. The second-order valence-electron chi connectivity index (χ2n) is 4.69. The van der Waals surface area contributed by atoms with Crippen molar-refractivity contribution in [1.82, 2.24) is 5.32 Å². The van der Waals surface area contributed by atoms with Crippen LogP contribution in [0, 0.1) is 5.92 Å². The topological polar surface area (TPSA) is 75.4 Å². The molecule has 1 saturated carbocycles. The van der Waals surface area contributed by atoms with Crippen LogP contribution in [0.25, 0.3) is 0 Å². The zero-order chi connectivity index (χ0) is 10.8. The Kier molecular flexibility index (Phi) is 5.56. The second-order valence-corrected chi connectivity index (χ2v) is 4.69. The first-order valence-corrected chi connectivity index (χ1v) is 5.16. The highest BCUT2D eigenvalue weighted by atomic mass is 35.5. The van der Waals surface area contributed by atoms with Gasteiger partial charge in [-0.25, -0.2) is 0 Å². The van der Waals surface area contributed by atoms with Crippen molar-refractivity contribution in [2.75, 3.05) is 6.54 Å². The predicted molar refractivity (Wildman–Crippen MR) is 61.9 cm³/mol. The maximum Gasteiger partial charge on any atom is 0.239 e. The van der Waals surface area contributed by atoms with Gasteiger partial charge in [-0.1, -0.05) is 6.42 Å². The highest BCUT2D eigenvalue weighted by Crippen LogP contribution is 2.24. The van der Waals surface area contributed by atoms with Gasteiger partial charge in [0.25, 0.3) is 0 Å². The van der Waals surface area contributed by atoms with Gasteiger partial charge in [-0.15, -0.1) is 12.4 Å². The Balaban J connectivity index is 0.00000196. The molecule has 2 atom stereocenters.